The highest BCUT2D eigenvalue weighted by Gasteiger charge is 2.10. The number of hydrogen-bond donors (Lipinski definition) is 2. The van der Waals surface area contributed by atoms with E-state index in [1.54, 1.807) is 25.1 Å². The molecular weight excluding hydrogens is 340 g/mol. The summed E-state index contributed by atoms with van der Waals surface area (Å²) in [5.74, 6) is 0.227. The standard InChI is InChI=1S/C19H21ClN2O3/c1-4-18(23)21-14-8-9-15(20)16(10-14)22-19(24)11-25-17-7-5-6-12(2)13(17)3/h5-10H,4,11H2,1-3H3,(H,21,23)(H,22,24). The van der Waals surface area contributed by atoms with Crippen LogP contribution in [0.2, 0.25) is 5.02 Å². The topological polar surface area (TPSA) is 67.4 Å². The zero-order valence-corrected chi connectivity index (χ0v) is 15.2. The average molecular weight is 361 g/mol. The first-order valence-electron chi connectivity index (χ1n) is 7.99. The molecule has 2 N–H and O–H groups in total. The van der Waals surface area contributed by atoms with Gasteiger partial charge in [0.1, 0.15) is 5.75 Å². The van der Waals surface area contributed by atoms with Crippen molar-refractivity contribution in [1.82, 2.24) is 0 Å². The Morgan fingerprint density at radius 2 is 1.84 bits per heavy atom. The van der Waals surface area contributed by atoms with Crippen molar-refractivity contribution in [3.63, 3.8) is 0 Å². The third kappa shape index (κ3) is 5.22. The maximum absolute atomic E-state index is 12.1. The molecule has 0 aromatic heterocycles. The Kier molecular flexibility index (Phi) is 6.42. The monoisotopic (exact) mass is 360 g/mol. The SMILES string of the molecule is CCC(=O)Nc1ccc(Cl)c(NC(=O)COc2cccc(C)c2C)c1. The first-order chi connectivity index (χ1) is 11.9. The van der Waals surface area contributed by atoms with Crippen LogP contribution >= 0.6 is 11.6 Å². The van der Waals surface area contributed by atoms with Gasteiger partial charge in [0.25, 0.3) is 5.91 Å². The van der Waals surface area contributed by atoms with Crippen molar-refractivity contribution in [3.05, 3.63) is 52.5 Å². The highest BCUT2D eigenvalue weighted by molar-refractivity contribution is 6.33. The van der Waals surface area contributed by atoms with Gasteiger partial charge in [-0.3, -0.25) is 9.59 Å². The normalized spacial score (nSPS) is 10.2. The molecule has 6 heteroatoms. The highest BCUT2D eigenvalue weighted by Crippen LogP contribution is 2.26. The second kappa shape index (κ2) is 8.53. The zero-order chi connectivity index (χ0) is 18.4. The van der Waals surface area contributed by atoms with Gasteiger partial charge in [-0.05, 0) is 49.2 Å². The maximum Gasteiger partial charge on any atom is 0.262 e. The van der Waals surface area contributed by atoms with Crippen LogP contribution in [0, 0.1) is 13.8 Å². The Bertz CT molecular complexity index is 790. The van der Waals surface area contributed by atoms with E-state index in [0.717, 1.165) is 11.1 Å². The predicted molar refractivity (Wildman–Crippen MR) is 100 cm³/mol. The van der Waals surface area contributed by atoms with E-state index in [1.165, 1.54) is 0 Å². The number of aryl methyl sites for hydroxylation is 1. The molecule has 0 radical (unpaired) electrons. The molecule has 2 rings (SSSR count). The predicted octanol–water partition coefficient (Wildman–Crippen LogP) is 4.32. The van der Waals surface area contributed by atoms with Gasteiger partial charge in [0, 0.05) is 12.1 Å². The summed E-state index contributed by atoms with van der Waals surface area (Å²) >= 11 is 6.11. The number of ether oxygens (including phenoxy) is 1. The van der Waals surface area contributed by atoms with Crippen LogP contribution in [-0.2, 0) is 9.59 Å². The number of anilines is 2. The van der Waals surface area contributed by atoms with E-state index >= 15 is 0 Å². The van der Waals surface area contributed by atoms with Crippen LogP contribution in [0.1, 0.15) is 24.5 Å². The lowest BCUT2D eigenvalue weighted by Gasteiger charge is -2.12. The summed E-state index contributed by atoms with van der Waals surface area (Å²) in [6.07, 6.45) is 0.369. The maximum atomic E-state index is 12.1. The Balaban J connectivity index is 2.01. The third-order valence-corrected chi connectivity index (χ3v) is 4.09. The van der Waals surface area contributed by atoms with E-state index in [0.29, 0.717) is 28.6 Å². The molecule has 2 aromatic rings. The van der Waals surface area contributed by atoms with Crippen molar-refractivity contribution >= 4 is 34.8 Å². The summed E-state index contributed by atoms with van der Waals surface area (Å²) in [6.45, 7) is 5.56. The van der Waals surface area contributed by atoms with Crippen LogP contribution < -0.4 is 15.4 Å². The molecule has 0 aliphatic rings. The molecule has 0 spiro atoms. The molecular formula is C19H21ClN2O3. The molecule has 2 aromatic carbocycles. The van der Waals surface area contributed by atoms with Crippen molar-refractivity contribution in [2.45, 2.75) is 27.2 Å². The van der Waals surface area contributed by atoms with Gasteiger partial charge in [-0.2, -0.15) is 0 Å². The van der Waals surface area contributed by atoms with Crippen LogP contribution in [0.4, 0.5) is 11.4 Å². The molecule has 0 unspecified atom stereocenters. The Hall–Kier alpha value is -2.53. The summed E-state index contributed by atoms with van der Waals surface area (Å²) in [5, 5.41) is 5.81. The van der Waals surface area contributed by atoms with E-state index in [9.17, 15) is 9.59 Å². The average Bonchev–Trinajstić information content (AvgIpc) is 2.59. The number of carbonyl (C=O) groups excluding carboxylic acids is 2. The van der Waals surface area contributed by atoms with Gasteiger partial charge >= 0.3 is 0 Å². The van der Waals surface area contributed by atoms with E-state index in [4.69, 9.17) is 16.3 Å². The van der Waals surface area contributed by atoms with E-state index in [-0.39, 0.29) is 18.4 Å². The summed E-state index contributed by atoms with van der Waals surface area (Å²) in [6, 6.07) is 10.6. The molecule has 0 aliphatic heterocycles. The van der Waals surface area contributed by atoms with Crippen molar-refractivity contribution in [2.24, 2.45) is 0 Å². The highest BCUT2D eigenvalue weighted by atomic mass is 35.5. The summed E-state index contributed by atoms with van der Waals surface area (Å²) < 4.78 is 5.58. The molecule has 0 heterocycles. The molecule has 0 bridgehead atoms. The largest absolute Gasteiger partial charge is 0.483 e. The molecule has 0 aliphatic carbocycles. The lowest BCUT2D eigenvalue weighted by molar-refractivity contribution is -0.118. The number of amides is 2. The molecule has 132 valence electrons. The molecule has 25 heavy (non-hydrogen) atoms. The minimum absolute atomic E-state index is 0.113. The molecule has 0 saturated carbocycles. The minimum Gasteiger partial charge on any atom is -0.483 e. The first-order valence-corrected chi connectivity index (χ1v) is 8.36. The van der Waals surface area contributed by atoms with Crippen molar-refractivity contribution in [2.75, 3.05) is 17.2 Å². The fourth-order valence-electron chi connectivity index (χ4n) is 2.16. The van der Waals surface area contributed by atoms with Crippen LogP contribution in [0.5, 0.6) is 5.75 Å². The van der Waals surface area contributed by atoms with E-state index in [1.807, 2.05) is 32.0 Å². The van der Waals surface area contributed by atoms with E-state index < -0.39 is 0 Å². The number of carbonyl (C=O) groups is 2. The van der Waals surface area contributed by atoms with E-state index in [2.05, 4.69) is 10.6 Å². The van der Waals surface area contributed by atoms with Gasteiger partial charge in [-0.1, -0.05) is 30.7 Å². The van der Waals surface area contributed by atoms with Gasteiger partial charge in [0.2, 0.25) is 5.91 Å². The fourth-order valence-corrected chi connectivity index (χ4v) is 2.32. The van der Waals surface area contributed by atoms with Crippen LogP contribution in [0.15, 0.2) is 36.4 Å². The molecule has 0 saturated heterocycles. The van der Waals surface area contributed by atoms with Gasteiger partial charge < -0.3 is 15.4 Å². The second-order valence-corrected chi connectivity index (χ2v) is 6.04. The summed E-state index contributed by atoms with van der Waals surface area (Å²) in [5.41, 5.74) is 3.09. The van der Waals surface area contributed by atoms with Crippen molar-refractivity contribution in [1.29, 1.82) is 0 Å². The van der Waals surface area contributed by atoms with Crippen LogP contribution in [0.25, 0.3) is 0 Å². The smallest absolute Gasteiger partial charge is 0.262 e. The molecule has 2 amide bonds. The Morgan fingerprint density at radius 1 is 1.08 bits per heavy atom. The third-order valence-electron chi connectivity index (χ3n) is 3.76. The van der Waals surface area contributed by atoms with Crippen molar-refractivity contribution < 1.29 is 14.3 Å². The van der Waals surface area contributed by atoms with Gasteiger partial charge in [0.15, 0.2) is 6.61 Å². The van der Waals surface area contributed by atoms with Crippen LogP contribution in [-0.4, -0.2) is 18.4 Å². The molecule has 0 atom stereocenters. The second-order valence-electron chi connectivity index (χ2n) is 5.63. The number of rotatable bonds is 6. The van der Waals surface area contributed by atoms with Crippen LogP contribution in [0.3, 0.4) is 0 Å². The van der Waals surface area contributed by atoms with Gasteiger partial charge in [-0.25, -0.2) is 0 Å². The van der Waals surface area contributed by atoms with Crippen molar-refractivity contribution in [3.8, 4) is 5.75 Å². The Labute approximate surface area is 152 Å². The summed E-state index contributed by atoms with van der Waals surface area (Å²) in [4.78, 5) is 23.6. The minimum atomic E-state index is -0.332. The quantitative estimate of drug-likeness (QED) is 0.806. The number of nitrogens with one attached hydrogen (secondary N) is 2. The first kappa shape index (κ1) is 18.8. The summed E-state index contributed by atoms with van der Waals surface area (Å²) in [7, 11) is 0. The molecule has 5 nitrogen and oxygen atoms in total. The lowest BCUT2D eigenvalue weighted by Crippen LogP contribution is -2.21. The fraction of sp³-hybridized carbons (Fsp3) is 0.263. The van der Waals surface area contributed by atoms with Gasteiger partial charge in [0.05, 0.1) is 10.7 Å². The van der Waals surface area contributed by atoms with Gasteiger partial charge in [-0.15, -0.1) is 0 Å². The Morgan fingerprint density at radius 3 is 2.56 bits per heavy atom. The molecule has 0 fully saturated rings. The zero-order valence-electron chi connectivity index (χ0n) is 14.5. The number of hydrogen-bond acceptors (Lipinski definition) is 3. The lowest BCUT2D eigenvalue weighted by atomic mass is 10.1. The number of benzene rings is 2. The number of halogens is 1.